The Morgan fingerprint density at radius 3 is 2.79 bits per heavy atom. The molecule has 0 bridgehead atoms. The Kier molecular flexibility index (Phi) is 6.08. The zero-order valence-electron chi connectivity index (χ0n) is 13.3. The third-order valence-corrected chi connectivity index (χ3v) is 3.39. The van der Waals surface area contributed by atoms with Crippen molar-refractivity contribution in [3.63, 3.8) is 0 Å². The predicted octanol–water partition coefficient (Wildman–Crippen LogP) is 2.98. The van der Waals surface area contributed by atoms with E-state index in [1.54, 1.807) is 25.3 Å². The molecule has 0 aromatic heterocycles. The normalized spacial score (nSPS) is 10.5. The number of rotatable bonds is 7. The van der Waals surface area contributed by atoms with Gasteiger partial charge in [-0.25, -0.2) is 0 Å². The quantitative estimate of drug-likeness (QED) is 0.482. The van der Waals surface area contributed by atoms with E-state index >= 15 is 0 Å². The molecule has 2 aromatic rings. The van der Waals surface area contributed by atoms with E-state index in [4.69, 9.17) is 4.74 Å². The molecule has 0 aliphatic heterocycles. The minimum Gasteiger partial charge on any atom is -0.496 e. The minimum absolute atomic E-state index is 0.00580. The monoisotopic (exact) mass is 326 g/mol. The lowest BCUT2D eigenvalue weighted by Gasteiger charge is -2.08. The van der Waals surface area contributed by atoms with Gasteiger partial charge in [0.1, 0.15) is 5.75 Å². The van der Waals surface area contributed by atoms with Crippen molar-refractivity contribution in [1.82, 2.24) is 5.32 Å². The van der Waals surface area contributed by atoms with Crippen LogP contribution in [0.4, 0.5) is 5.69 Å². The highest BCUT2D eigenvalue weighted by Gasteiger charge is 2.05. The molecule has 0 fully saturated rings. The summed E-state index contributed by atoms with van der Waals surface area (Å²) in [7, 11) is 1.61. The number of non-ortho nitro benzene ring substituents is 1. The van der Waals surface area contributed by atoms with Crippen molar-refractivity contribution in [2.24, 2.45) is 0 Å². The molecule has 2 aromatic carbocycles. The zero-order valence-corrected chi connectivity index (χ0v) is 13.3. The second kappa shape index (κ2) is 8.47. The molecule has 6 nitrogen and oxygen atoms in total. The van der Waals surface area contributed by atoms with Crippen LogP contribution >= 0.6 is 0 Å². The Hall–Kier alpha value is -3.15. The summed E-state index contributed by atoms with van der Waals surface area (Å²) in [5.74, 6) is 0.537. The first-order valence-corrected chi connectivity index (χ1v) is 7.42. The lowest BCUT2D eigenvalue weighted by Crippen LogP contribution is -2.23. The van der Waals surface area contributed by atoms with Crippen molar-refractivity contribution in [1.29, 1.82) is 0 Å². The van der Waals surface area contributed by atoms with E-state index in [9.17, 15) is 14.9 Å². The molecule has 24 heavy (non-hydrogen) atoms. The summed E-state index contributed by atoms with van der Waals surface area (Å²) < 4.78 is 5.26. The molecule has 6 heteroatoms. The summed E-state index contributed by atoms with van der Waals surface area (Å²) in [6.45, 7) is 0.471. The van der Waals surface area contributed by atoms with Crippen LogP contribution in [0.5, 0.6) is 5.75 Å². The van der Waals surface area contributed by atoms with Crippen molar-refractivity contribution < 1.29 is 14.5 Å². The Labute approximate surface area is 139 Å². The summed E-state index contributed by atoms with van der Waals surface area (Å²) in [6.07, 6.45) is 3.56. The molecule has 0 saturated heterocycles. The van der Waals surface area contributed by atoms with Gasteiger partial charge in [-0.2, -0.15) is 0 Å². The van der Waals surface area contributed by atoms with Crippen LogP contribution in [0, 0.1) is 10.1 Å². The molecule has 0 saturated carbocycles. The van der Waals surface area contributed by atoms with E-state index in [0.29, 0.717) is 18.5 Å². The van der Waals surface area contributed by atoms with Gasteiger partial charge >= 0.3 is 0 Å². The Morgan fingerprint density at radius 1 is 1.25 bits per heavy atom. The number of hydrogen-bond donors (Lipinski definition) is 1. The van der Waals surface area contributed by atoms with Crippen LogP contribution in [0.3, 0.4) is 0 Å². The summed E-state index contributed by atoms with van der Waals surface area (Å²) in [5.41, 5.74) is 1.61. The number of benzene rings is 2. The van der Waals surface area contributed by atoms with Gasteiger partial charge in [-0.05, 0) is 29.7 Å². The van der Waals surface area contributed by atoms with Gasteiger partial charge in [-0.1, -0.05) is 30.3 Å². The maximum absolute atomic E-state index is 11.8. The fourth-order valence-electron chi connectivity index (χ4n) is 2.20. The van der Waals surface area contributed by atoms with E-state index in [-0.39, 0.29) is 11.6 Å². The van der Waals surface area contributed by atoms with Crippen LogP contribution in [-0.4, -0.2) is 24.5 Å². The number of methoxy groups -OCH3 is 1. The lowest BCUT2D eigenvalue weighted by molar-refractivity contribution is -0.384. The molecular weight excluding hydrogens is 308 g/mol. The molecule has 0 unspecified atom stereocenters. The average Bonchev–Trinajstić information content (AvgIpc) is 2.60. The number of nitrogens with one attached hydrogen (secondary N) is 1. The number of nitro groups is 1. The van der Waals surface area contributed by atoms with Gasteiger partial charge in [-0.3, -0.25) is 14.9 Å². The number of ether oxygens (including phenoxy) is 1. The van der Waals surface area contributed by atoms with E-state index in [2.05, 4.69) is 5.32 Å². The average molecular weight is 326 g/mol. The summed E-state index contributed by atoms with van der Waals surface area (Å²) in [5, 5.41) is 13.5. The van der Waals surface area contributed by atoms with Gasteiger partial charge in [-0.15, -0.1) is 0 Å². The van der Waals surface area contributed by atoms with Crippen molar-refractivity contribution in [3.8, 4) is 5.75 Å². The molecule has 1 N–H and O–H groups in total. The van der Waals surface area contributed by atoms with E-state index < -0.39 is 4.92 Å². The van der Waals surface area contributed by atoms with Crippen molar-refractivity contribution >= 4 is 17.7 Å². The molecule has 0 atom stereocenters. The largest absolute Gasteiger partial charge is 0.496 e. The van der Waals surface area contributed by atoms with Crippen LogP contribution < -0.4 is 10.1 Å². The fourth-order valence-corrected chi connectivity index (χ4v) is 2.20. The van der Waals surface area contributed by atoms with Crippen molar-refractivity contribution in [3.05, 3.63) is 75.8 Å². The first kappa shape index (κ1) is 17.2. The standard InChI is InChI=1S/C18H18N2O4/c1-24-17-8-3-2-6-15(17)11-12-19-18(21)10-9-14-5-4-7-16(13-14)20(22)23/h2-10,13H,11-12H2,1H3,(H,19,21)/b10-9+. The van der Waals surface area contributed by atoms with Crippen molar-refractivity contribution in [2.75, 3.05) is 13.7 Å². The summed E-state index contributed by atoms with van der Waals surface area (Å²) in [4.78, 5) is 22.1. The van der Waals surface area contributed by atoms with E-state index in [0.717, 1.165) is 11.3 Å². The van der Waals surface area contributed by atoms with E-state index in [1.807, 2.05) is 24.3 Å². The number of nitrogens with zero attached hydrogens (tertiary/aromatic N) is 1. The van der Waals surface area contributed by atoms with Crippen LogP contribution in [-0.2, 0) is 11.2 Å². The minimum atomic E-state index is -0.468. The Balaban J connectivity index is 1.87. The molecule has 124 valence electrons. The Morgan fingerprint density at radius 2 is 2.04 bits per heavy atom. The summed E-state index contributed by atoms with van der Waals surface area (Å²) in [6, 6.07) is 13.7. The SMILES string of the molecule is COc1ccccc1CCNC(=O)/C=C/c1cccc([N+](=O)[O-])c1. The first-order valence-electron chi connectivity index (χ1n) is 7.42. The maximum atomic E-state index is 11.8. The van der Waals surface area contributed by atoms with Crippen LogP contribution in [0.2, 0.25) is 0 Å². The molecule has 0 spiro atoms. The zero-order chi connectivity index (χ0) is 17.4. The molecule has 0 heterocycles. The predicted molar refractivity (Wildman–Crippen MR) is 91.8 cm³/mol. The topological polar surface area (TPSA) is 81.5 Å². The van der Waals surface area contributed by atoms with Gasteiger partial charge in [0.15, 0.2) is 0 Å². The molecule has 0 radical (unpaired) electrons. The van der Waals surface area contributed by atoms with Gasteiger partial charge in [0.05, 0.1) is 12.0 Å². The number of hydrogen-bond acceptors (Lipinski definition) is 4. The van der Waals surface area contributed by atoms with E-state index in [1.165, 1.54) is 18.2 Å². The third kappa shape index (κ3) is 4.95. The van der Waals surface area contributed by atoms with Crippen LogP contribution in [0.25, 0.3) is 6.08 Å². The first-order chi connectivity index (χ1) is 11.6. The highest BCUT2D eigenvalue weighted by Crippen LogP contribution is 2.17. The second-order valence-electron chi connectivity index (χ2n) is 5.04. The third-order valence-electron chi connectivity index (χ3n) is 3.39. The fraction of sp³-hybridized carbons (Fsp3) is 0.167. The molecule has 1 amide bonds. The van der Waals surface area contributed by atoms with Crippen LogP contribution in [0.1, 0.15) is 11.1 Å². The number of amides is 1. The number of para-hydroxylation sites is 1. The highest BCUT2D eigenvalue weighted by atomic mass is 16.6. The van der Waals surface area contributed by atoms with Crippen LogP contribution in [0.15, 0.2) is 54.6 Å². The number of carbonyl (C=O) groups excluding carboxylic acids is 1. The smallest absolute Gasteiger partial charge is 0.270 e. The molecule has 0 aliphatic rings. The van der Waals surface area contributed by atoms with Gasteiger partial charge in [0.25, 0.3) is 5.69 Å². The molecule has 0 aliphatic carbocycles. The molecule has 2 rings (SSSR count). The number of nitro benzene ring substituents is 1. The second-order valence-corrected chi connectivity index (χ2v) is 5.04. The summed E-state index contributed by atoms with van der Waals surface area (Å²) >= 11 is 0. The number of carbonyl (C=O) groups is 1. The maximum Gasteiger partial charge on any atom is 0.270 e. The lowest BCUT2D eigenvalue weighted by atomic mass is 10.1. The highest BCUT2D eigenvalue weighted by molar-refractivity contribution is 5.91. The van der Waals surface area contributed by atoms with Gasteiger partial charge in [0, 0.05) is 24.8 Å². The molecular formula is C18H18N2O4. The van der Waals surface area contributed by atoms with Gasteiger partial charge < -0.3 is 10.1 Å². The van der Waals surface area contributed by atoms with Gasteiger partial charge in [0.2, 0.25) is 5.91 Å². The Bertz CT molecular complexity index is 756. The van der Waals surface area contributed by atoms with Crippen molar-refractivity contribution in [2.45, 2.75) is 6.42 Å².